The molecular formula is C14H12BrClFN. The van der Waals surface area contributed by atoms with Gasteiger partial charge in [-0.15, -0.1) is 0 Å². The van der Waals surface area contributed by atoms with Crippen LogP contribution in [0.2, 0.25) is 5.02 Å². The normalized spacial score (nSPS) is 12.4. The summed E-state index contributed by atoms with van der Waals surface area (Å²) >= 11 is 9.43. The topological polar surface area (TPSA) is 12.0 Å². The second kappa shape index (κ2) is 5.83. The predicted molar refractivity (Wildman–Crippen MR) is 76.5 cm³/mol. The van der Waals surface area contributed by atoms with Crippen molar-refractivity contribution in [2.45, 2.75) is 6.04 Å². The first kappa shape index (κ1) is 13.5. The zero-order chi connectivity index (χ0) is 13.1. The van der Waals surface area contributed by atoms with E-state index in [2.05, 4.69) is 21.2 Å². The SMILES string of the molecule is CNC(c1ccc(F)cc1)c1ccc(Cl)cc1Br. The molecule has 0 aromatic heterocycles. The summed E-state index contributed by atoms with van der Waals surface area (Å²) in [6.07, 6.45) is 0. The maximum Gasteiger partial charge on any atom is 0.123 e. The Labute approximate surface area is 119 Å². The van der Waals surface area contributed by atoms with Crippen molar-refractivity contribution in [2.75, 3.05) is 7.05 Å². The van der Waals surface area contributed by atoms with Gasteiger partial charge < -0.3 is 5.32 Å². The lowest BCUT2D eigenvalue weighted by Crippen LogP contribution is -2.18. The van der Waals surface area contributed by atoms with Gasteiger partial charge in [0.1, 0.15) is 5.82 Å². The van der Waals surface area contributed by atoms with Gasteiger partial charge in [0.25, 0.3) is 0 Å². The van der Waals surface area contributed by atoms with Crippen LogP contribution in [0.4, 0.5) is 4.39 Å². The van der Waals surface area contributed by atoms with E-state index < -0.39 is 0 Å². The van der Waals surface area contributed by atoms with Crippen LogP contribution in [0.1, 0.15) is 17.2 Å². The van der Waals surface area contributed by atoms with Gasteiger partial charge in [-0.2, -0.15) is 0 Å². The number of hydrogen-bond donors (Lipinski definition) is 1. The maximum atomic E-state index is 12.9. The number of hydrogen-bond acceptors (Lipinski definition) is 1. The van der Waals surface area contributed by atoms with Gasteiger partial charge in [0.15, 0.2) is 0 Å². The van der Waals surface area contributed by atoms with Gasteiger partial charge in [-0.1, -0.05) is 45.7 Å². The third-order valence-electron chi connectivity index (χ3n) is 2.77. The first-order valence-electron chi connectivity index (χ1n) is 5.49. The lowest BCUT2D eigenvalue weighted by atomic mass is 9.99. The Kier molecular flexibility index (Phi) is 4.38. The van der Waals surface area contributed by atoms with Crippen LogP contribution in [0.3, 0.4) is 0 Å². The lowest BCUT2D eigenvalue weighted by molar-refractivity contribution is 0.623. The van der Waals surface area contributed by atoms with Crippen LogP contribution in [0.15, 0.2) is 46.9 Å². The quantitative estimate of drug-likeness (QED) is 0.871. The first-order valence-corrected chi connectivity index (χ1v) is 6.66. The van der Waals surface area contributed by atoms with Crippen molar-refractivity contribution < 1.29 is 4.39 Å². The van der Waals surface area contributed by atoms with Gasteiger partial charge in [-0.3, -0.25) is 0 Å². The molecule has 2 rings (SSSR count). The monoisotopic (exact) mass is 327 g/mol. The van der Waals surface area contributed by atoms with Crippen molar-refractivity contribution in [2.24, 2.45) is 0 Å². The lowest BCUT2D eigenvalue weighted by Gasteiger charge is -2.19. The van der Waals surface area contributed by atoms with Crippen molar-refractivity contribution >= 4 is 27.5 Å². The molecule has 0 amide bonds. The second-order valence-electron chi connectivity index (χ2n) is 3.94. The largest absolute Gasteiger partial charge is 0.309 e. The third kappa shape index (κ3) is 2.91. The highest BCUT2D eigenvalue weighted by Crippen LogP contribution is 2.30. The Morgan fingerprint density at radius 3 is 2.39 bits per heavy atom. The van der Waals surface area contributed by atoms with Crippen LogP contribution < -0.4 is 5.32 Å². The fourth-order valence-electron chi connectivity index (χ4n) is 1.89. The molecule has 1 nitrogen and oxygen atoms in total. The number of benzene rings is 2. The summed E-state index contributed by atoms with van der Waals surface area (Å²) < 4.78 is 13.9. The highest BCUT2D eigenvalue weighted by atomic mass is 79.9. The highest BCUT2D eigenvalue weighted by Gasteiger charge is 2.15. The van der Waals surface area contributed by atoms with E-state index in [1.165, 1.54) is 12.1 Å². The van der Waals surface area contributed by atoms with Gasteiger partial charge >= 0.3 is 0 Å². The molecule has 0 spiro atoms. The van der Waals surface area contributed by atoms with Crippen LogP contribution in [0.25, 0.3) is 0 Å². The summed E-state index contributed by atoms with van der Waals surface area (Å²) in [5.74, 6) is -0.233. The zero-order valence-corrected chi connectivity index (χ0v) is 12.1. The number of rotatable bonds is 3. The highest BCUT2D eigenvalue weighted by molar-refractivity contribution is 9.10. The van der Waals surface area contributed by atoms with E-state index in [1.54, 1.807) is 12.1 Å². The van der Waals surface area contributed by atoms with E-state index in [4.69, 9.17) is 11.6 Å². The molecule has 1 atom stereocenters. The molecule has 2 aromatic carbocycles. The van der Waals surface area contributed by atoms with Crippen LogP contribution in [0.5, 0.6) is 0 Å². The molecule has 0 aliphatic heterocycles. The van der Waals surface area contributed by atoms with Crippen LogP contribution in [-0.4, -0.2) is 7.05 Å². The zero-order valence-electron chi connectivity index (χ0n) is 9.75. The fraction of sp³-hybridized carbons (Fsp3) is 0.143. The van der Waals surface area contributed by atoms with Crippen molar-refractivity contribution in [1.82, 2.24) is 5.32 Å². The molecule has 0 aliphatic carbocycles. The number of halogens is 3. The van der Waals surface area contributed by atoms with E-state index in [0.717, 1.165) is 15.6 Å². The molecule has 1 unspecified atom stereocenters. The van der Waals surface area contributed by atoms with Crippen molar-refractivity contribution in [3.63, 3.8) is 0 Å². The molecule has 4 heteroatoms. The molecule has 0 aliphatic rings. The van der Waals surface area contributed by atoms with Crippen molar-refractivity contribution in [3.05, 3.63) is 68.9 Å². The van der Waals surface area contributed by atoms with Crippen LogP contribution >= 0.6 is 27.5 Å². The Balaban J connectivity index is 2.41. The van der Waals surface area contributed by atoms with Gasteiger partial charge in [-0.05, 0) is 42.4 Å². The minimum absolute atomic E-state index is 0.00255. The molecule has 1 N–H and O–H groups in total. The van der Waals surface area contributed by atoms with Gasteiger partial charge in [0, 0.05) is 9.50 Å². The average Bonchev–Trinajstić information content (AvgIpc) is 2.35. The van der Waals surface area contributed by atoms with E-state index in [9.17, 15) is 4.39 Å². The van der Waals surface area contributed by atoms with Gasteiger partial charge in [0.05, 0.1) is 6.04 Å². The molecule has 94 valence electrons. The smallest absolute Gasteiger partial charge is 0.123 e. The maximum absolute atomic E-state index is 12.9. The van der Waals surface area contributed by atoms with Crippen molar-refractivity contribution in [1.29, 1.82) is 0 Å². The fourth-order valence-corrected chi connectivity index (χ4v) is 2.80. The van der Waals surface area contributed by atoms with Gasteiger partial charge in [-0.25, -0.2) is 4.39 Å². The first-order chi connectivity index (χ1) is 8.61. The van der Waals surface area contributed by atoms with Crippen LogP contribution in [0, 0.1) is 5.82 Å². The molecule has 0 radical (unpaired) electrons. The Hall–Kier alpha value is -0.900. The Morgan fingerprint density at radius 2 is 1.83 bits per heavy atom. The molecule has 0 fully saturated rings. The standard InChI is InChI=1S/C14H12BrClFN/c1-18-14(9-2-5-11(17)6-3-9)12-7-4-10(16)8-13(12)15/h2-8,14,18H,1H3. The molecule has 2 aromatic rings. The summed E-state index contributed by atoms with van der Waals surface area (Å²) in [7, 11) is 1.87. The summed E-state index contributed by atoms with van der Waals surface area (Å²) in [5.41, 5.74) is 2.07. The molecule has 0 saturated heterocycles. The molecule has 0 heterocycles. The van der Waals surface area contributed by atoms with E-state index in [-0.39, 0.29) is 11.9 Å². The Bertz CT molecular complexity index is 542. The Morgan fingerprint density at radius 1 is 1.17 bits per heavy atom. The summed E-state index contributed by atoms with van der Waals surface area (Å²) in [5, 5.41) is 3.90. The van der Waals surface area contributed by atoms with E-state index >= 15 is 0 Å². The summed E-state index contributed by atoms with van der Waals surface area (Å²) in [4.78, 5) is 0. The molecular weight excluding hydrogens is 317 g/mol. The third-order valence-corrected chi connectivity index (χ3v) is 3.69. The number of nitrogens with one attached hydrogen (secondary N) is 1. The molecule has 18 heavy (non-hydrogen) atoms. The van der Waals surface area contributed by atoms with Crippen LogP contribution in [-0.2, 0) is 0 Å². The molecule has 0 saturated carbocycles. The summed E-state index contributed by atoms with van der Waals surface area (Å²) in [6, 6.07) is 12.1. The molecule has 0 bridgehead atoms. The van der Waals surface area contributed by atoms with E-state index in [0.29, 0.717) is 5.02 Å². The average molecular weight is 329 g/mol. The van der Waals surface area contributed by atoms with Crippen molar-refractivity contribution in [3.8, 4) is 0 Å². The summed E-state index contributed by atoms with van der Waals surface area (Å²) in [6.45, 7) is 0. The predicted octanol–water partition coefficient (Wildman–Crippen LogP) is 4.55. The second-order valence-corrected chi connectivity index (χ2v) is 5.23. The van der Waals surface area contributed by atoms with E-state index in [1.807, 2.05) is 25.2 Å². The minimum atomic E-state index is -0.233. The minimum Gasteiger partial charge on any atom is -0.309 e. The van der Waals surface area contributed by atoms with Gasteiger partial charge in [0.2, 0.25) is 0 Å².